The molecule has 128 valence electrons. The van der Waals surface area contributed by atoms with Crippen LogP contribution < -0.4 is 0 Å². The zero-order valence-corrected chi connectivity index (χ0v) is 13.5. The number of ether oxygens (including phenoxy) is 1. The number of pyridine rings is 1. The molecule has 0 atom stereocenters. The van der Waals surface area contributed by atoms with Crippen LogP contribution in [-0.4, -0.2) is 32.2 Å². The topological polar surface area (TPSA) is 109 Å². The molecule has 0 saturated carbocycles. The van der Waals surface area contributed by atoms with Gasteiger partial charge in [0, 0.05) is 6.20 Å². The maximum atomic E-state index is 11.8. The number of rotatable bonds is 5. The molecule has 0 aliphatic rings. The summed E-state index contributed by atoms with van der Waals surface area (Å²) in [5.74, 6) is -0.0149. The minimum absolute atomic E-state index is 0.0290. The summed E-state index contributed by atoms with van der Waals surface area (Å²) in [7, 11) is 0. The summed E-state index contributed by atoms with van der Waals surface area (Å²) in [5, 5.41) is 27.5. The number of esters is 1. The summed E-state index contributed by atoms with van der Waals surface area (Å²) >= 11 is 0. The van der Waals surface area contributed by atoms with Gasteiger partial charge in [0.25, 0.3) is 0 Å². The number of fused-ring (bicyclic) bond motifs is 1. The van der Waals surface area contributed by atoms with Crippen molar-refractivity contribution in [2.24, 2.45) is 10.2 Å². The van der Waals surface area contributed by atoms with Crippen LogP contribution in [0.1, 0.15) is 12.6 Å². The first-order valence-electron chi connectivity index (χ1n) is 7.63. The standard InChI is InChI=1S/C17H16N4O4/c1-2-25-15(24)10-13-16(20-19-11-5-7-12(22)8-6-11)21-9-3-4-14(23)17(21)18-13/h3-9,22-23H,2,10H2,1H3. The number of phenols is 1. The number of carbonyl (C=O) groups is 1. The van der Waals surface area contributed by atoms with Gasteiger partial charge in [0.05, 0.1) is 24.4 Å². The largest absolute Gasteiger partial charge is 0.508 e. The molecule has 25 heavy (non-hydrogen) atoms. The van der Waals surface area contributed by atoms with E-state index in [4.69, 9.17) is 4.74 Å². The lowest BCUT2D eigenvalue weighted by molar-refractivity contribution is -0.142. The van der Waals surface area contributed by atoms with Crippen molar-refractivity contribution >= 4 is 23.1 Å². The monoisotopic (exact) mass is 340 g/mol. The van der Waals surface area contributed by atoms with Gasteiger partial charge in [-0.15, -0.1) is 10.2 Å². The molecule has 2 N–H and O–H groups in total. The van der Waals surface area contributed by atoms with Crippen molar-refractivity contribution in [2.45, 2.75) is 13.3 Å². The minimum Gasteiger partial charge on any atom is -0.508 e. The number of hydrogen-bond donors (Lipinski definition) is 2. The maximum Gasteiger partial charge on any atom is 0.312 e. The molecule has 1 aromatic carbocycles. The Morgan fingerprint density at radius 3 is 2.68 bits per heavy atom. The van der Waals surface area contributed by atoms with E-state index in [0.717, 1.165) is 0 Å². The van der Waals surface area contributed by atoms with Crippen LogP contribution >= 0.6 is 0 Å². The van der Waals surface area contributed by atoms with Gasteiger partial charge in [0.2, 0.25) is 0 Å². The van der Waals surface area contributed by atoms with E-state index in [1.807, 2.05) is 0 Å². The summed E-state index contributed by atoms with van der Waals surface area (Å²) in [6.45, 7) is 1.99. The molecule has 3 rings (SSSR count). The van der Waals surface area contributed by atoms with E-state index in [-0.39, 0.29) is 30.2 Å². The number of carbonyl (C=O) groups excluding carboxylic acids is 1. The fourth-order valence-corrected chi connectivity index (χ4v) is 2.29. The second kappa shape index (κ2) is 7.00. The van der Waals surface area contributed by atoms with Crippen molar-refractivity contribution < 1.29 is 19.7 Å². The van der Waals surface area contributed by atoms with Crippen LogP contribution in [0.3, 0.4) is 0 Å². The lowest BCUT2D eigenvalue weighted by atomic mass is 10.3. The van der Waals surface area contributed by atoms with Crippen molar-refractivity contribution in [1.29, 1.82) is 0 Å². The average Bonchev–Trinajstić information content (AvgIpc) is 2.93. The number of hydrogen-bond acceptors (Lipinski definition) is 7. The zero-order chi connectivity index (χ0) is 17.8. The van der Waals surface area contributed by atoms with Crippen molar-refractivity contribution in [1.82, 2.24) is 9.38 Å². The minimum atomic E-state index is -0.438. The summed E-state index contributed by atoms with van der Waals surface area (Å²) in [6, 6.07) is 9.33. The Balaban J connectivity index is 2.02. The quantitative estimate of drug-likeness (QED) is 0.547. The van der Waals surface area contributed by atoms with Crippen molar-refractivity contribution in [2.75, 3.05) is 6.61 Å². The zero-order valence-electron chi connectivity index (χ0n) is 13.5. The van der Waals surface area contributed by atoms with Crippen LogP contribution in [0.25, 0.3) is 5.65 Å². The van der Waals surface area contributed by atoms with E-state index in [2.05, 4.69) is 15.2 Å². The molecule has 0 radical (unpaired) electrons. The van der Waals surface area contributed by atoms with Gasteiger partial charge in [-0.2, -0.15) is 0 Å². The third kappa shape index (κ3) is 3.57. The summed E-state index contributed by atoms with van der Waals surface area (Å²) < 4.78 is 6.50. The van der Waals surface area contributed by atoms with Gasteiger partial charge in [0.1, 0.15) is 5.75 Å². The van der Waals surface area contributed by atoms with Gasteiger partial charge < -0.3 is 14.9 Å². The van der Waals surface area contributed by atoms with E-state index < -0.39 is 5.97 Å². The molecular weight excluding hydrogens is 324 g/mol. The first-order valence-corrected chi connectivity index (χ1v) is 7.63. The van der Waals surface area contributed by atoms with Crippen molar-refractivity contribution in [3.63, 3.8) is 0 Å². The van der Waals surface area contributed by atoms with Crippen molar-refractivity contribution in [3.05, 3.63) is 48.3 Å². The molecule has 0 amide bonds. The Hall–Kier alpha value is -3.42. The Labute approximate surface area is 143 Å². The number of aromatic hydroxyl groups is 2. The van der Waals surface area contributed by atoms with Crippen LogP contribution in [0, 0.1) is 0 Å². The Kier molecular flexibility index (Phi) is 4.60. The predicted octanol–water partition coefficient (Wildman–Crippen LogP) is 3.27. The maximum absolute atomic E-state index is 11.8. The molecule has 2 heterocycles. The molecule has 0 unspecified atom stereocenters. The normalized spacial score (nSPS) is 11.2. The summed E-state index contributed by atoms with van der Waals surface area (Å²) in [4.78, 5) is 16.1. The number of azo groups is 1. The molecule has 8 nitrogen and oxygen atoms in total. The van der Waals surface area contributed by atoms with Crippen LogP contribution in [0.15, 0.2) is 52.8 Å². The van der Waals surface area contributed by atoms with E-state index in [9.17, 15) is 15.0 Å². The van der Waals surface area contributed by atoms with E-state index in [1.165, 1.54) is 18.2 Å². The first-order chi connectivity index (χ1) is 12.1. The van der Waals surface area contributed by atoms with Crippen LogP contribution in [0.5, 0.6) is 11.5 Å². The fourth-order valence-electron chi connectivity index (χ4n) is 2.29. The average molecular weight is 340 g/mol. The second-order valence-corrected chi connectivity index (χ2v) is 5.17. The van der Waals surface area contributed by atoms with Crippen LogP contribution in [-0.2, 0) is 16.0 Å². The van der Waals surface area contributed by atoms with Gasteiger partial charge >= 0.3 is 5.97 Å². The smallest absolute Gasteiger partial charge is 0.312 e. The Bertz CT molecular complexity index is 932. The number of nitrogens with zero attached hydrogens (tertiary/aromatic N) is 4. The Morgan fingerprint density at radius 1 is 1.20 bits per heavy atom. The third-order valence-electron chi connectivity index (χ3n) is 3.40. The third-order valence-corrected chi connectivity index (χ3v) is 3.40. The molecule has 0 saturated heterocycles. The highest BCUT2D eigenvalue weighted by molar-refractivity contribution is 5.75. The van der Waals surface area contributed by atoms with Crippen molar-refractivity contribution in [3.8, 4) is 11.5 Å². The lowest BCUT2D eigenvalue weighted by Gasteiger charge is -2.00. The van der Waals surface area contributed by atoms with Crippen LogP contribution in [0.4, 0.5) is 11.5 Å². The number of phenolic OH excluding ortho intramolecular Hbond substituents is 1. The molecule has 0 aliphatic carbocycles. The number of imidazole rings is 1. The number of aromatic nitrogens is 2. The molecule has 0 aliphatic heterocycles. The summed E-state index contributed by atoms with van der Waals surface area (Å²) in [5.41, 5.74) is 1.15. The van der Waals surface area contributed by atoms with Gasteiger partial charge in [-0.25, -0.2) is 4.98 Å². The van der Waals surface area contributed by atoms with E-state index >= 15 is 0 Å². The highest BCUT2D eigenvalue weighted by Crippen LogP contribution is 2.29. The van der Waals surface area contributed by atoms with E-state index in [1.54, 1.807) is 35.7 Å². The van der Waals surface area contributed by atoms with Crippen LogP contribution in [0.2, 0.25) is 0 Å². The highest BCUT2D eigenvalue weighted by atomic mass is 16.5. The van der Waals surface area contributed by atoms with Gasteiger partial charge in [-0.3, -0.25) is 9.20 Å². The molecule has 0 spiro atoms. The Morgan fingerprint density at radius 2 is 1.96 bits per heavy atom. The SMILES string of the molecule is CCOC(=O)Cc1nc2c(O)cccn2c1N=Nc1ccc(O)cc1. The number of benzene rings is 1. The molecule has 3 aromatic rings. The molecule has 0 bridgehead atoms. The van der Waals surface area contributed by atoms with Gasteiger partial charge in [-0.1, -0.05) is 0 Å². The van der Waals surface area contributed by atoms with Gasteiger partial charge in [0.15, 0.2) is 17.2 Å². The fraction of sp³-hybridized carbons (Fsp3) is 0.176. The molecule has 2 aromatic heterocycles. The summed E-state index contributed by atoms with van der Waals surface area (Å²) in [6.07, 6.45) is 1.58. The highest BCUT2D eigenvalue weighted by Gasteiger charge is 2.17. The second-order valence-electron chi connectivity index (χ2n) is 5.17. The van der Waals surface area contributed by atoms with Gasteiger partial charge in [-0.05, 0) is 43.3 Å². The lowest BCUT2D eigenvalue weighted by Crippen LogP contribution is -2.07. The molecule has 0 fully saturated rings. The van der Waals surface area contributed by atoms with E-state index in [0.29, 0.717) is 17.2 Å². The predicted molar refractivity (Wildman–Crippen MR) is 89.5 cm³/mol. The molecule has 8 heteroatoms. The molecular formula is C17H16N4O4. The first kappa shape index (κ1) is 16.4.